The third kappa shape index (κ3) is 6.38. The maximum atomic E-state index is 3.77. The minimum Gasteiger partial charge on any atom is -0.320 e. The Bertz CT molecular complexity index is 102. The summed E-state index contributed by atoms with van der Waals surface area (Å²) in [6.07, 6.45) is 5.69. The van der Waals surface area contributed by atoms with Crippen LogP contribution in [0.15, 0.2) is 12.7 Å². The quantitative estimate of drug-likeness (QED) is 0.425. The van der Waals surface area contributed by atoms with Gasteiger partial charge in [0.1, 0.15) is 0 Å². The van der Waals surface area contributed by atoms with Gasteiger partial charge in [-0.2, -0.15) is 0 Å². The first-order valence-corrected chi connectivity index (χ1v) is 4.75. The van der Waals surface area contributed by atoms with Crippen LogP contribution in [0, 0.1) is 5.92 Å². The van der Waals surface area contributed by atoms with Gasteiger partial charge >= 0.3 is 0 Å². The van der Waals surface area contributed by atoms with Crippen molar-refractivity contribution in [2.45, 2.75) is 19.3 Å². The Morgan fingerprint density at radius 3 is 2.58 bits per heavy atom. The fourth-order valence-corrected chi connectivity index (χ4v) is 1.40. The van der Waals surface area contributed by atoms with E-state index in [1.165, 1.54) is 12.8 Å². The highest BCUT2D eigenvalue weighted by molar-refractivity contribution is 4.74. The molecule has 0 aliphatic rings. The molecule has 0 bridgehead atoms. The molecule has 0 aromatic rings. The van der Waals surface area contributed by atoms with E-state index in [2.05, 4.69) is 17.2 Å². The number of allylic oxidation sites excluding steroid dienone is 1. The number of nitrogens with one attached hydrogen (secondary N) is 2. The normalized spacial score (nSPS) is 12.8. The van der Waals surface area contributed by atoms with Gasteiger partial charge in [-0.3, -0.25) is 0 Å². The molecule has 1 atom stereocenters. The molecule has 0 aliphatic carbocycles. The molecule has 1 unspecified atom stereocenters. The molecule has 0 saturated heterocycles. The zero-order chi connectivity index (χ0) is 9.23. The Morgan fingerprint density at radius 2 is 2.08 bits per heavy atom. The Hall–Kier alpha value is -0.340. The molecule has 0 aromatic carbocycles. The van der Waals surface area contributed by atoms with Gasteiger partial charge in [0, 0.05) is 0 Å². The van der Waals surface area contributed by atoms with E-state index in [4.69, 9.17) is 0 Å². The van der Waals surface area contributed by atoms with E-state index in [1.54, 1.807) is 0 Å². The van der Waals surface area contributed by atoms with Crippen LogP contribution in [0.5, 0.6) is 0 Å². The third-order valence-electron chi connectivity index (χ3n) is 2.03. The van der Waals surface area contributed by atoms with Gasteiger partial charge in [0.2, 0.25) is 0 Å². The molecule has 12 heavy (non-hydrogen) atoms. The molecule has 0 saturated carbocycles. The summed E-state index contributed by atoms with van der Waals surface area (Å²) < 4.78 is 0. The number of hydrogen-bond donors (Lipinski definition) is 2. The summed E-state index contributed by atoms with van der Waals surface area (Å²) in [6, 6.07) is 0. The Balaban J connectivity index is 3.40. The van der Waals surface area contributed by atoms with Gasteiger partial charge in [-0.05, 0) is 52.4 Å². The van der Waals surface area contributed by atoms with Crippen LogP contribution in [0.3, 0.4) is 0 Å². The maximum absolute atomic E-state index is 3.77. The van der Waals surface area contributed by atoms with Crippen molar-refractivity contribution in [3.63, 3.8) is 0 Å². The lowest BCUT2D eigenvalue weighted by atomic mass is 9.99. The van der Waals surface area contributed by atoms with Crippen molar-refractivity contribution < 1.29 is 0 Å². The van der Waals surface area contributed by atoms with E-state index in [9.17, 15) is 0 Å². The third-order valence-corrected chi connectivity index (χ3v) is 2.03. The lowest BCUT2D eigenvalue weighted by Gasteiger charge is -2.13. The summed E-state index contributed by atoms with van der Waals surface area (Å²) in [5.41, 5.74) is 0. The molecule has 0 amide bonds. The van der Waals surface area contributed by atoms with Gasteiger partial charge < -0.3 is 10.6 Å². The minimum absolute atomic E-state index is 0.765. The van der Waals surface area contributed by atoms with Crippen LogP contribution in [0.4, 0.5) is 0 Å². The van der Waals surface area contributed by atoms with E-state index in [1.807, 2.05) is 20.2 Å². The first-order chi connectivity index (χ1) is 5.85. The Kier molecular flexibility index (Phi) is 8.51. The average molecular weight is 170 g/mol. The van der Waals surface area contributed by atoms with Crippen molar-refractivity contribution in [2.24, 2.45) is 5.92 Å². The summed E-state index contributed by atoms with van der Waals surface area (Å²) in [5, 5.41) is 6.37. The Labute approximate surface area is 76.4 Å². The maximum Gasteiger partial charge on any atom is -0.00206 e. The van der Waals surface area contributed by atoms with Crippen LogP contribution >= 0.6 is 0 Å². The van der Waals surface area contributed by atoms with Crippen molar-refractivity contribution in [1.29, 1.82) is 0 Å². The van der Waals surface area contributed by atoms with Crippen LogP contribution in [-0.4, -0.2) is 27.2 Å². The topological polar surface area (TPSA) is 24.1 Å². The van der Waals surface area contributed by atoms with Crippen LogP contribution in [0.2, 0.25) is 0 Å². The summed E-state index contributed by atoms with van der Waals surface area (Å²) in [6.45, 7) is 6.00. The number of rotatable bonds is 8. The smallest absolute Gasteiger partial charge is 0.00206 e. The van der Waals surface area contributed by atoms with Crippen molar-refractivity contribution in [3.8, 4) is 0 Å². The first kappa shape index (κ1) is 11.7. The van der Waals surface area contributed by atoms with Gasteiger partial charge in [0.25, 0.3) is 0 Å². The standard InChI is InChI=1S/C10H22N2/c1-4-6-10(9-12-3)7-5-8-11-2/h4,10-12H,1,5-9H2,2-3H3. The predicted octanol–water partition coefficient (Wildman–Crippen LogP) is 1.40. The molecule has 0 rings (SSSR count). The highest BCUT2D eigenvalue weighted by Gasteiger charge is 2.04. The molecule has 2 heteroatoms. The second-order valence-corrected chi connectivity index (χ2v) is 3.19. The highest BCUT2D eigenvalue weighted by atomic mass is 14.8. The van der Waals surface area contributed by atoms with Gasteiger partial charge in [0.15, 0.2) is 0 Å². The van der Waals surface area contributed by atoms with Crippen molar-refractivity contribution in [3.05, 3.63) is 12.7 Å². The van der Waals surface area contributed by atoms with E-state index < -0.39 is 0 Å². The second kappa shape index (κ2) is 8.75. The zero-order valence-corrected chi connectivity index (χ0v) is 8.40. The van der Waals surface area contributed by atoms with Gasteiger partial charge in [-0.25, -0.2) is 0 Å². The molecule has 72 valence electrons. The average Bonchev–Trinajstić information content (AvgIpc) is 2.06. The lowest BCUT2D eigenvalue weighted by Crippen LogP contribution is -2.19. The number of hydrogen-bond acceptors (Lipinski definition) is 2. The zero-order valence-electron chi connectivity index (χ0n) is 8.40. The van der Waals surface area contributed by atoms with Crippen LogP contribution < -0.4 is 10.6 Å². The van der Waals surface area contributed by atoms with E-state index in [-0.39, 0.29) is 0 Å². The van der Waals surface area contributed by atoms with E-state index >= 15 is 0 Å². The molecule has 0 heterocycles. The predicted molar refractivity (Wildman–Crippen MR) is 55.4 cm³/mol. The van der Waals surface area contributed by atoms with Crippen molar-refractivity contribution >= 4 is 0 Å². The molecule has 0 radical (unpaired) electrons. The molecule has 2 nitrogen and oxygen atoms in total. The summed E-state index contributed by atoms with van der Waals surface area (Å²) in [7, 11) is 4.01. The van der Waals surface area contributed by atoms with Gasteiger partial charge in [-0.15, -0.1) is 6.58 Å². The molecule has 0 spiro atoms. The molecule has 0 fully saturated rings. The molecule has 0 aromatic heterocycles. The second-order valence-electron chi connectivity index (χ2n) is 3.19. The monoisotopic (exact) mass is 170 g/mol. The lowest BCUT2D eigenvalue weighted by molar-refractivity contribution is 0.450. The van der Waals surface area contributed by atoms with E-state index in [0.717, 1.165) is 25.4 Å². The first-order valence-electron chi connectivity index (χ1n) is 4.75. The van der Waals surface area contributed by atoms with Crippen molar-refractivity contribution in [2.75, 3.05) is 27.2 Å². The fraction of sp³-hybridized carbons (Fsp3) is 0.800. The molecular formula is C10H22N2. The molecule has 2 N–H and O–H groups in total. The highest BCUT2D eigenvalue weighted by Crippen LogP contribution is 2.09. The van der Waals surface area contributed by atoms with Crippen LogP contribution in [-0.2, 0) is 0 Å². The summed E-state index contributed by atoms with van der Waals surface area (Å²) >= 11 is 0. The largest absolute Gasteiger partial charge is 0.320 e. The minimum atomic E-state index is 0.765. The van der Waals surface area contributed by atoms with Crippen LogP contribution in [0.25, 0.3) is 0 Å². The SMILES string of the molecule is C=CCC(CCCNC)CNC. The molecular weight excluding hydrogens is 148 g/mol. The summed E-state index contributed by atoms with van der Waals surface area (Å²) in [5.74, 6) is 0.765. The Morgan fingerprint density at radius 1 is 1.33 bits per heavy atom. The fourth-order valence-electron chi connectivity index (χ4n) is 1.40. The van der Waals surface area contributed by atoms with Crippen molar-refractivity contribution in [1.82, 2.24) is 10.6 Å². The van der Waals surface area contributed by atoms with Crippen LogP contribution in [0.1, 0.15) is 19.3 Å². The molecule has 0 aliphatic heterocycles. The van der Waals surface area contributed by atoms with Gasteiger partial charge in [-0.1, -0.05) is 6.08 Å². The van der Waals surface area contributed by atoms with Gasteiger partial charge in [0.05, 0.1) is 0 Å². The summed E-state index contributed by atoms with van der Waals surface area (Å²) in [4.78, 5) is 0. The van der Waals surface area contributed by atoms with E-state index in [0.29, 0.717) is 0 Å².